The lowest BCUT2D eigenvalue weighted by atomic mass is 10.1. The summed E-state index contributed by atoms with van der Waals surface area (Å²) >= 11 is 7.28. The first kappa shape index (κ1) is 25.6. The zero-order valence-electron chi connectivity index (χ0n) is 20.3. The molecule has 0 bridgehead atoms. The molecule has 4 rings (SSSR count). The van der Waals surface area contributed by atoms with Crippen LogP contribution in [0.1, 0.15) is 23.9 Å². The van der Waals surface area contributed by atoms with Gasteiger partial charge in [-0.05, 0) is 86.5 Å². The molecule has 0 saturated heterocycles. The molecular weight excluding hydrogens is 496 g/mol. The third-order valence-electron chi connectivity index (χ3n) is 5.29. The molecule has 4 aromatic rings. The van der Waals surface area contributed by atoms with Crippen LogP contribution in [0, 0.1) is 13.8 Å². The number of ether oxygens (including phenoxy) is 2. The Labute approximate surface area is 219 Å². The second-order valence-electron chi connectivity index (χ2n) is 8.06. The smallest absolute Gasteiger partial charge is 0.234 e. The molecule has 0 aliphatic heterocycles. The number of nitrogens with one attached hydrogen (secondary N) is 1. The maximum atomic E-state index is 12.7. The van der Waals surface area contributed by atoms with Crippen LogP contribution >= 0.6 is 23.4 Å². The van der Waals surface area contributed by atoms with Crippen molar-refractivity contribution < 1.29 is 14.3 Å². The van der Waals surface area contributed by atoms with E-state index in [1.54, 1.807) is 24.3 Å². The molecule has 0 fully saturated rings. The van der Waals surface area contributed by atoms with E-state index in [0.717, 1.165) is 28.3 Å². The fraction of sp³-hybridized carbons (Fsp3) is 0.222. The number of halogens is 1. The lowest BCUT2D eigenvalue weighted by molar-refractivity contribution is -0.113. The van der Waals surface area contributed by atoms with Gasteiger partial charge in [-0.2, -0.15) is 0 Å². The Morgan fingerprint density at radius 2 is 1.67 bits per heavy atom. The maximum absolute atomic E-state index is 12.7. The van der Waals surface area contributed by atoms with E-state index < -0.39 is 0 Å². The minimum atomic E-state index is -0.117. The average Bonchev–Trinajstić information content (AvgIpc) is 3.28. The van der Waals surface area contributed by atoms with Gasteiger partial charge in [-0.25, -0.2) is 0 Å². The van der Waals surface area contributed by atoms with Crippen molar-refractivity contribution in [3.8, 4) is 17.2 Å². The molecule has 0 saturated carbocycles. The van der Waals surface area contributed by atoms with E-state index in [0.29, 0.717) is 28.4 Å². The van der Waals surface area contributed by atoms with E-state index in [2.05, 4.69) is 15.5 Å². The molecule has 0 unspecified atom stereocenters. The van der Waals surface area contributed by atoms with Gasteiger partial charge in [0.15, 0.2) is 11.0 Å². The zero-order valence-corrected chi connectivity index (χ0v) is 21.9. The van der Waals surface area contributed by atoms with Crippen molar-refractivity contribution in [1.29, 1.82) is 0 Å². The van der Waals surface area contributed by atoms with Crippen LogP contribution in [-0.2, 0) is 11.4 Å². The molecule has 0 aliphatic rings. The second-order valence-corrected chi connectivity index (χ2v) is 9.44. The highest BCUT2D eigenvalue weighted by atomic mass is 35.5. The van der Waals surface area contributed by atoms with Gasteiger partial charge in [-0.15, -0.1) is 10.2 Å². The number of benzene rings is 3. The zero-order chi connectivity index (χ0) is 25.5. The van der Waals surface area contributed by atoms with Gasteiger partial charge >= 0.3 is 0 Å². The molecule has 1 amide bonds. The maximum Gasteiger partial charge on any atom is 0.234 e. The predicted molar refractivity (Wildman–Crippen MR) is 144 cm³/mol. The Morgan fingerprint density at radius 1 is 0.972 bits per heavy atom. The minimum absolute atomic E-state index is 0.117. The van der Waals surface area contributed by atoms with Crippen LogP contribution in [-0.4, -0.2) is 33.0 Å². The van der Waals surface area contributed by atoms with Crippen LogP contribution in [0.4, 0.5) is 5.69 Å². The second kappa shape index (κ2) is 12.0. The number of rotatable bonds is 10. The van der Waals surface area contributed by atoms with E-state index in [1.165, 1.54) is 11.8 Å². The highest BCUT2D eigenvalue weighted by Gasteiger charge is 2.17. The van der Waals surface area contributed by atoms with Crippen LogP contribution < -0.4 is 14.8 Å². The summed E-state index contributed by atoms with van der Waals surface area (Å²) in [4.78, 5) is 12.7. The van der Waals surface area contributed by atoms with Crippen molar-refractivity contribution in [2.24, 2.45) is 0 Å². The SMILES string of the molecule is CCOc1ccc(-n2c(COc3ccc(Cl)cc3)nnc2SCC(=O)Nc2cc(C)ccc2C)cc1. The monoisotopic (exact) mass is 522 g/mol. The standard InChI is InChI=1S/C27H27ClN4O3S/c1-4-34-22-13-9-21(10-14-22)32-25(16-35-23-11-7-20(28)8-12-23)30-31-27(32)36-17-26(33)29-24-15-18(2)5-6-19(24)3/h5-15H,4,16-17H2,1-3H3,(H,29,33). The molecule has 0 radical (unpaired) electrons. The van der Waals surface area contributed by atoms with Gasteiger partial charge in [0.05, 0.1) is 12.4 Å². The molecular formula is C27H27ClN4O3S. The molecule has 1 N–H and O–H groups in total. The number of nitrogens with zero attached hydrogens (tertiary/aromatic N) is 3. The summed E-state index contributed by atoms with van der Waals surface area (Å²) in [5.74, 6) is 2.11. The summed E-state index contributed by atoms with van der Waals surface area (Å²) in [5.41, 5.74) is 3.75. The molecule has 36 heavy (non-hydrogen) atoms. The fourth-order valence-electron chi connectivity index (χ4n) is 3.47. The summed E-state index contributed by atoms with van der Waals surface area (Å²) in [6.45, 7) is 6.69. The Balaban J connectivity index is 1.53. The summed E-state index contributed by atoms with van der Waals surface area (Å²) in [6, 6.07) is 20.8. The molecule has 7 nitrogen and oxygen atoms in total. The summed E-state index contributed by atoms with van der Waals surface area (Å²) in [5, 5.41) is 12.9. The van der Waals surface area contributed by atoms with Crippen molar-refractivity contribution in [3.05, 3.63) is 88.7 Å². The Kier molecular flexibility index (Phi) is 8.51. The van der Waals surface area contributed by atoms with E-state index in [-0.39, 0.29) is 18.3 Å². The van der Waals surface area contributed by atoms with Gasteiger partial charge in [0.1, 0.15) is 18.1 Å². The number of amides is 1. The Morgan fingerprint density at radius 3 is 2.39 bits per heavy atom. The molecule has 9 heteroatoms. The van der Waals surface area contributed by atoms with Gasteiger partial charge < -0.3 is 14.8 Å². The van der Waals surface area contributed by atoms with Crippen LogP contribution in [0.3, 0.4) is 0 Å². The molecule has 0 aliphatic carbocycles. The number of aryl methyl sites for hydroxylation is 2. The quantitative estimate of drug-likeness (QED) is 0.248. The molecule has 0 atom stereocenters. The van der Waals surface area contributed by atoms with Crippen LogP contribution in [0.25, 0.3) is 5.69 Å². The van der Waals surface area contributed by atoms with E-state index in [1.807, 2.05) is 67.8 Å². The number of anilines is 1. The summed E-state index contributed by atoms with van der Waals surface area (Å²) in [6.07, 6.45) is 0. The normalized spacial score (nSPS) is 10.8. The van der Waals surface area contributed by atoms with Crippen LogP contribution in [0.5, 0.6) is 11.5 Å². The average molecular weight is 523 g/mol. The number of aromatic nitrogens is 3. The van der Waals surface area contributed by atoms with E-state index in [9.17, 15) is 4.79 Å². The first-order chi connectivity index (χ1) is 17.4. The summed E-state index contributed by atoms with van der Waals surface area (Å²) in [7, 11) is 0. The molecule has 3 aromatic carbocycles. The van der Waals surface area contributed by atoms with Gasteiger partial charge in [0.2, 0.25) is 5.91 Å². The highest BCUT2D eigenvalue weighted by Crippen LogP contribution is 2.26. The van der Waals surface area contributed by atoms with Gasteiger partial charge in [-0.1, -0.05) is 35.5 Å². The first-order valence-corrected chi connectivity index (χ1v) is 12.8. The van der Waals surface area contributed by atoms with E-state index >= 15 is 0 Å². The van der Waals surface area contributed by atoms with Crippen LogP contribution in [0.2, 0.25) is 5.02 Å². The fourth-order valence-corrected chi connectivity index (χ4v) is 4.37. The van der Waals surface area contributed by atoms with Crippen LogP contribution in [0.15, 0.2) is 71.9 Å². The summed E-state index contributed by atoms with van der Waals surface area (Å²) < 4.78 is 13.4. The van der Waals surface area contributed by atoms with Gasteiger partial charge in [0, 0.05) is 16.4 Å². The van der Waals surface area contributed by atoms with Gasteiger partial charge in [0.25, 0.3) is 0 Å². The van der Waals surface area contributed by atoms with E-state index in [4.69, 9.17) is 21.1 Å². The number of carbonyl (C=O) groups excluding carboxylic acids is 1. The number of thioether (sulfide) groups is 1. The largest absolute Gasteiger partial charge is 0.494 e. The molecule has 0 spiro atoms. The molecule has 1 heterocycles. The number of hydrogen-bond acceptors (Lipinski definition) is 6. The molecule has 186 valence electrons. The van der Waals surface area contributed by atoms with Crippen molar-refractivity contribution in [1.82, 2.24) is 14.8 Å². The Bertz CT molecular complexity index is 1320. The van der Waals surface area contributed by atoms with Crippen molar-refractivity contribution in [3.63, 3.8) is 0 Å². The van der Waals surface area contributed by atoms with Crippen molar-refractivity contribution in [2.45, 2.75) is 32.5 Å². The van der Waals surface area contributed by atoms with Crippen molar-refractivity contribution >= 4 is 35.0 Å². The third kappa shape index (κ3) is 6.59. The minimum Gasteiger partial charge on any atom is -0.494 e. The topological polar surface area (TPSA) is 78.3 Å². The van der Waals surface area contributed by atoms with Crippen molar-refractivity contribution in [2.75, 3.05) is 17.7 Å². The molecule has 1 aromatic heterocycles. The third-order valence-corrected chi connectivity index (χ3v) is 6.47. The lowest BCUT2D eigenvalue weighted by Crippen LogP contribution is -2.15. The Hall–Kier alpha value is -3.49. The lowest BCUT2D eigenvalue weighted by Gasteiger charge is -2.13. The first-order valence-electron chi connectivity index (χ1n) is 11.5. The number of carbonyl (C=O) groups is 1. The highest BCUT2D eigenvalue weighted by molar-refractivity contribution is 7.99. The number of hydrogen-bond donors (Lipinski definition) is 1. The predicted octanol–water partition coefficient (Wildman–Crippen LogP) is 6.25. The van der Waals surface area contributed by atoms with Gasteiger partial charge in [-0.3, -0.25) is 9.36 Å².